The van der Waals surface area contributed by atoms with Crippen molar-refractivity contribution in [2.45, 2.75) is 38.3 Å². The standard InChI is InChI=1S/C16H25NO3/c1-11(17-10-12-4-6-14(18)8-12)13-5-7-15(19-2)16(9-13)20-3/h5,7,9,11-12,14,17-18H,4,6,8,10H2,1-3H3. The highest BCUT2D eigenvalue weighted by atomic mass is 16.5. The van der Waals surface area contributed by atoms with Crippen molar-refractivity contribution in [1.29, 1.82) is 0 Å². The topological polar surface area (TPSA) is 50.7 Å². The molecule has 0 bridgehead atoms. The third-order valence-electron chi connectivity index (χ3n) is 4.13. The zero-order chi connectivity index (χ0) is 14.5. The van der Waals surface area contributed by atoms with Crippen LogP contribution in [-0.4, -0.2) is 32.0 Å². The van der Waals surface area contributed by atoms with Crippen molar-refractivity contribution < 1.29 is 14.6 Å². The van der Waals surface area contributed by atoms with Gasteiger partial charge in [-0.1, -0.05) is 6.07 Å². The van der Waals surface area contributed by atoms with E-state index >= 15 is 0 Å². The highest BCUT2D eigenvalue weighted by Crippen LogP contribution is 2.30. The number of nitrogens with one attached hydrogen (secondary N) is 1. The Bertz CT molecular complexity index is 436. The maximum Gasteiger partial charge on any atom is 0.161 e. The summed E-state index contributed by atoms with van der Waals surface area (Å²) in [6.07, 6.45) is 2.88. The fraction of sp³-hybridized carbons (Fsp3) is 0.625. The molecule has 0 spiro atoms. The van der Waals surface area contributed by atoms with Crippen LogP contribution in [-0.2, 0) is 0 Å². The van der Waals surface area contributed by atoms with Gasteiger partial charge in [0.15, 0.2) is 11.5 Å². The van der Waals surface area contributed by atoms with Crippen LogP contribution in [0.5, 0.6) is 11.5 Å². The van der Waals surface area contributed by atoms with Crippen molar-refractivity contribution >= 4 is 0 Å². The lowest BCUT2D eigenvalue weighted by Crippen LogP contribution is -2.25. The van der Waals surface area contributed by atoms with Crippen LogP contribution in [0.3, 0.4) is 0 Å². The molecule has 3 atom stereocenters. The summed E-state index contributed by atoms with van der Waals surface area (Å²) in [6, 6.07) is 6.27. The summed E-state index contributed by atoms with van der Waals surface area (Å²) in [6.45, 7) is 3.10. The van der Waals surface area contributed by atoms with Gasteiger partial charge in [0, 0.05) is 6.04 Å². The van der Waals surface area contributed by atoms with Gasteiger partial charge >= 0.3 is 0 Å². The Morgan fingerprint density at radius 3 is 2.60 bits per heavy atom. The molecule has 0 radical (unpaired) electrons. The van der Waals surface area contributed by atoms with Crippen LogP contribution in [0.4, 0.5) is 0 Å². The summed E-state index contributed by atoms with van der Waals surface area (Å²) in [5, 5.41) is 13.1. The summed E-state index contributed by atoms with van der Waals surface area (Å²) >= 11 is 0. The molecule has 112 valence electrons. The number of ether oxygens (including phenoxy) is 2. The Kier molecular flexibility index (Phi) is 5.26. The molecule has 1 aliphatic rings. The monoisotopic (exact) mass is 279 g/mol. The molecular weight excluding hydrogens is 254 g/mol. The van der Waals surface area contributed by atoms with Crippen LogP contribution in [0, 0.1) is 5.92 Å². The maximum absolute atomic E-state index is 9.55. The number of hydrogen-bond donors (Lipinski definition) is 2. The van der Waals surface area contributed by atoms with Gasteiger partial charge < -0.3 is 19.9 Å². The number of benzene rings is 1. The number of aliphatic hydroxyl groups excluding tert-OH is 1. The van der Waals surface area contributed by atoms with Crippen LogP contribution < -0.4 is 14.8 Å². The first-order valence-electron chi connectivity index (χ1n) is 7.27. The van der Waals surface area contributed by atoms with E-state index in [2.05, 4.69) is 18.3 Å². The fourth-order valence-electron chi connectivity index (χ4n) is 2.82. The minimum Gasteiger partial charge on any atom is -0.493 e. The molecule has 0 heterocycles. The predicted molar refractivity (Wildman–Crippen MR) is 79.3 cm³/mol. The van der Waals surface area contributed by atoms with Crippen LogP contribution in [0.15, 0.2) is 18.2 Å². The van der Waals surface area contributed by atoms with E-state index in [1.165, 1.54) is 5.56 Å². The second kappa shape index (κ2) is 6.95. The second-order valence-corrected chi connectivity index (χ2v) is 5.58. The molecule has 2 rings (SSSR count). The third-order valence-corrected chi connectivity index (χ3v) is 4.13. The minimum absolute atomic E-state index is 0.0989. The Morgan fingerprint density at radius 2 is 2.00 bits per heavy atom. The van der Waals surface area contributed by atoms with E-state index < -0.39 is 0 Å². The van der Waals surface area contributed by atoms with E-state index in [-0.39, 0.29) is 12.1 Å². The van der Waals surface area contributed by atoms with Gasteiger partial charge in [-0.25, -0.2) is 0 Å². The number of aliphatic hydroxyl groups is 1. The SMILES string of the molecule is COc1ccc(C(C)NCC2CCC(O)C2)cc1OC. The number of rotatable bonds is 6. The van der Waals surface area contributed by atoms with Crippen molar-refractivity contribution in [2.75, 3.05) is 20.8 Å². The first-order valence-corrected chi connectivity index (χ1v) is 7.27. The Morgan fingerprint density at radius 1 is 1.25 bits per heavy atom. The molecule has 0 aliphatic heterocycles. The van der Waals surface area contributed by atoms with Gasteiger partial charge in [0.25, 0.3) is 0 Å². The molecule has 1 saturated carbocycles. The van der Waals surface area contributed by atoms with E-state index in [0.717, 1.165) is 37.3 Å². The molecule has 20 heavy (non-hydrogen) atoms. The van der Waals surface area contributed by atoms with Crippen molar-refractivity contribution in [2.24, 2.45) is 5.92 Å². The average Bonchev–Trinajstić information content (AvgIpc) is 2.89. The number of hydrogen-bond acceptors (Lipinski definition) is 4. The first kappa shape index (κ1) is 15.1. The molecule has 1 aromatic rings. The van der Waals surface area contributed by atoms with Crippen molar-refractivity contribution in [3.8, 4) is 11.5 Å². The third kappa shape index (κ3) is 3.64. The fourth-order valence-corrected chi connectivity index (χ4v) is 2.82. The van der Waals surface area contributed by atoms with Crippen molar-refractivity contribution in [3.63, 3.8) is 0 Å². The average molecular weight is 279 g/mol. The van der Waals surface area contributed by atoms with Crippen LogP contribution in [0.1, 0.15) is 37.8 Å². The van der Waals surface area contributed by atoms with Crippen LogP contribution >= 0.6 is 0 Å². The van der Waals surface area contributed by atoms with Gasteiger partial charge in [0.2, 0.25) is 0 Å². The maximum atomic E-state index is 9.55. The minimum atomic E-state index is -0.0989. The molecule has 0 aromatic heterocycles. The summed E-state index contributed by atoms with van der Waals surface area (Å²) in [7, 11) is 3.30. The Hall–Kier alpha value is -1.26. The quantitative estimate of drug-likeness (QED) is 0.840. The van der Waals surface area contributed by atoms with E-state index in [4.69, 9.17) is 9.47 Å². The molecular formula is C16H25NO3. The van der Waals surface area contributed by atoms with E-state index in [9.17, 15) is 5.11 Å². The summed E-state index contributed by atoms with van der Waals surface area (Å²) < 4.78 is 10.6. The zero-order valence-electron chi connectivity index (χ0n) is 12.6. The predicted octanol–water partition coefficient (Wildman–Crippen LogP) is 2.52. The normalized spacial score (nSPS) is 23.6. The molecule has 0 amide bonds. The zero-order valence-corrected chi connectivity index (χ0v) is 12.6. The summed E-state index contributed by atoms with van der Waals surface area (Å²) in [5.74, 6) is 2.10. The van der Waals surface area contributed by atoms with Gasteiger partial charge in [-0.05, 0) is 56.3 Å². The molecule has 1 fully saturated rings. The summed E-state index contributed by atoms with van der Waals surface area (Å²) in [4.78, 5) is 0. The van der Waals surface area contributed by atoms with Crippen molar-refractivity contribution in [3.05, 3.63) is 23.8 Å². The molecule has 1 aromatic carbocycles. The van der Waals surface area contributed by atoms with E-state index in [1.54, 1.807) is 14.2 Å². The van der Waals surface area contributed by atoms with Crippen LogP contribution in [0.2, 0.25) is 0 Å². The number of methoxy groups -OCH3 is 2. The smallest absolute Gasteiger partial charge is 0.161 e. The van der Waals surface area contributed by atoms with Crippen molar-refractivity contribution in [1.82, 2.24) is 5.32 Å². The van der Waals surface area contributed by atoms with Gasteiger partial charge in [-0.2, -0.15) is 0 Å². The van der Waals surface area contributed by atoms with Gasteiger partial charge in [-0.3, -0.25) is 0 Å². The molecule has 3 unspecified atom stereocenters. The lowest BCUT2D eigenvalue weighted by atomic mass is 10.0. The summed E-state index contributed by atoms with van der Waals surface area (Å²) in [5.41, 5.74) is 1.18. The van der Waals surface area contributed by atoms with Gasteiger partial charge in [0.05, 0.1) is 20.3 Å². The van der Waals surface area contributed by atoms with E-state index in [0.29, 0.717) is 5.92 Å². The highest BCUT2D eigenvalue weighted by molar-refractivity contribution is 5.43. The largest absolute Gasteiger partial charge is 0.493 e. The lowest BCUT2D eigenvalue weighted by molar-refractivity contribution is 0.177. The Labute approximate surface area is 121 Å². The van der Waals surface area contributed by atoms with Crippen LogP contribution in [0.25, 0.3) is 0 Å². The lowest BCUT2D eigenvalue weighted by Gasteiger charge is -2.19. The van der Waals surface area contributed by atoms with E-state index in [1.807, 2.05) is 12.1 Å². The molecule has 2 N–H and O–H groups in total. The second-order valence-electron chi connectivity index (χ2n) is 5.58. The Balaban J connectivity index is 1.93. The molecule has 0 saturated heterocycles. The molecule has 1 aliphatic carbocycles. The first-order chi connectivity index (χ1) is 9.63. The molecule has 4 heteroatoms. The molecule has 4 nitrogen and oxygen atoms in total. The van der Waals surface area contributed by atoms with Gasteiger partial charge in [0.1, 0.15) is 0 Å². The van der Waals surface area contributed by atoms with Gasteiger partial charge in [-0.15, -0.1) is 0 Å². The highest BCUT2D eigenvalue weighted by Gasteiger charge is 2.23.